The van der Waals surface area contributed by atoms with Gasteiger partial charge in [-0.3, -0.25) is 9.78 Å². The minimum atomic E-state index is -0.871. The Bertz CT molecular complexity index is 300. The molecule has 1 aromatic rings. The highest BCUT2D eigenvalue weighted by molar-refractivity contribution is 5.73. The average molecular weight is 195 g/mol. The molecule has 0 aliphatic carbocycles. The Balaban J connectivity index is 2.83. The highest BCUT2D eigenvalue weighted by Gasteiger charge is 2.14. The number of hydrogen-bond donors (Lipinski definition) is 1. The number of aliphatic carboxylic acids is 1. The van der Waals surface area contributed by atoms with E-state index in [0.29, 0.717) is 5.82 Å². The van der Waals surface area contributed by atoms with Crippen LogP contribution in [0.15, 0.2) is 18.6 Å². The Morgan fingerprint density at radius 2 is 2.29 bits per heavy atom. The molecule has 1 N–H and O–H groups in total. The van der Waals surface area contributed by atoms with Crippen LogP contribution in [-0.4, -0.2) is 33.6 Å². The van der Waals surface area contributed by atoms with E-state index in [2.05, 4.69) is 9.97 Å². The molecule has 0 aliphatic heterocycles. The van der Waals surface area contributed by atoms with Gasteiger partial charge in [0.05, 0.1) is 6.20 Å². The Morgan fingerprint density at radius 1 is 1.57 bits per heavy atom. The Kier molecular flexibility index (Phi) is 3.39. The summed E-state index contributed by atoms with van der Waals surface area (Å²) in [5.74, 6) is -0.283. The quantitative estimate of drug-likeness (QED) is 0.768. The Morgan fingerprint density at radius 3 is 2.71 bits per heavy atom. The topological polar surface area (TPSA) is 66.3 Å². The monoisotopic (exact) mass is 195 g/mol. The molecular formula is C9H13N3O2. The number of anilines is 1. The molecule has 5 heteroatoms. The SMILES string of the molecule is CC(C)N(CC(=O)O)c1cnccn1. The van der Waals surface area contributed by atoms with Crippen LogP contribution in [0.25, 0.3) is 0 Å². The molecule has 0 saturated carbocycles. The second-order valence-corrected chi connectivity index (χ2v) is 3.18. The van der Waals surface area contributed by atoms with Crippen LogP contribution in [0.1, 0.15) is 13.8 Å². The van der Waals surface area contributed by atoms with Gasteiger partial charge >= 0.3 is 5.97 Å². The standard InChI is InChI=1S/C9H13N3O2/c1-7(2)12(6-9(13)14)8-5-10-3-4-11-8/h3-5,7H,6H2,1-2H3,(H,13,14). The molecule has 1 heterocycles. The van der Waals surface area contributed by atoms with Crippen molar-refractivity contribution in [1.82, 2.24) is 9.97 Å². The van der Waals surface area contributed by atoms with Crippen molar-refractivity contribution in [2.45, 2.75) is 19.9 Å². The predicted octanol–water partition coefficient (Wildman–Crippen LogP) is 0.776. The molecule has 0 atom stereocenters. The van der Waals surface area contributed by atoms with E-state index in [9.17, 15) is 4.79 Å². The number of rotatable bonds is 4. The Hall–Kier alpha value is -1.65. The van der Waals surface area contributed by atoms with Gasteiger partial charge in [0, 0.05) is 18.4 Å². The van der Waals surface area contributed by atoms with Gasteiger partial charge in [0.2, 0.25) is 0 Å². The third-order valence-corrected chi connectivity index (χ3v) is 1.77. The van der Waals surface area contributed by atoms with Crippen LogP contribution in [0.5, 0.6) is 0 Å². The smallest absolute Gasteiger partial charge is 0.323 e. The molecule has 1 aromatic heterocycles. The van der Waals surface area contributed by atoms with Crippen LogP contribution in [-0.2, 0) is 4.79 Å². The fraction of sp³-hybridized carbons (Fsp3) is 0.444. The minimum absolute atomic E-state index is 0.0592. The molecule has 0 aromatic carbocycles. The summed E-state index contributed by atoms with van der Waals surface area (Å²) in [7, 11) is 0. The lowest BCUT2D eigenvalue weighted by atomic mass is 10.3. The van der Waals surface area contributed by atoms with Crippen LogP contribution in [0.4, 0.5) is 5.82 Å². The summed E-state index contributed by atoms with van der Waals surface area (Å²) < 4.78 is 0. The maximum atomic E-state index is 10.6. The zero-order valence-electron chi connectivity index (χ0n) is 8.21. The predicted molar refractivity (Wildman–Crippen MR) is 52.1 cm³/mol. The second-order valence-electron chi connectivity index (χ2n) is 3.18. The summed E-state index contributed by atoms with van der Waals surface area (Å²) in [5, 5.41) is 8.70. The van der Waals surface area contributed by atoms with Crippen molar-refractivity contribution in [3.63, 3.8) is 0 Å². The molecule has 0 fully saturated rings. The lowest BCUT2D eigenvalue weighted by molar-refractivity contribution is -0.135. The van der Waals surface area contributed by atoms with Gasteiger partial charge in [0.25, 0.3) is 0 Å². The molecule has 0 amide bonds. The van der Waals surface area contributed by atoms with Gasteiger partial charge in [-0.25, -0.2) is 4.98 Å². The van der Waals surface area contributed by atoms with Crippen LogP contribution in [0.2, 0.25) is 0 Å². The molecule has 0 radical (unpaired) electrons. The molecule has 0 unspecified atom stereocenters. The summed E-state index contributed by atoms with van der Waals surface area (Å²) in [4.78, 5) is 20.2. The third kappa shape index (κ3) is 2.69. The van der Waals surface area contributed by atoms with Gasteiger partial charge < -0.3 is 10.0 Å². The molecule has 5 nitrogen and oxygen atoms in total. The Labute approximate surface area is 82.4 Å². The molecule has 1 rings (SSSR count). The number of nitrogens with zero attached hydrogens (tertiary/aromatic N) is 3. The largest absolute Gasteiger partial charge is 0.480 e. The lowest BCUT2D eigenvalue weighted by Crippen LogP contribution is -2.36. The first-order chi connectivity index (χ1) is 6.61. The van der Waals surface area contributed by atoms with Crippen molar-refractivity contribution in [2.75, 3.05) is 11.4 Å². The van der Waals surface area contributed by atoms with Crippen molar-refractivity contribution in [3.05, 3.63) is 18.6 Å². The van der Waals surface area contributed by atoms with E-state index in [1.165, 1.54) is 0 Å². The third-order valence-electron chi connectivity index (χ3n) is 1.77. The zero-order chi connectivity index (χ0) is 10.6. The fourth-order valence-corrected chi connectivity index (χ4v) is 1.11. The zero-order valence-corrected chi connectivity index (χ0v) is 8.21. The first-order valence-electron chi connectivity index (χ1n) is 4.35. The van der Waals surface area contributed by atoms with E-state index in [0.717, 1.165) is 0 Å². The van der Waals surface area contributed by atoms with Crippen molar-refractivity contribution >= 4 is 11.8 Å². The number of hydrogen-bond acceptors (Lipinski definition) is 4. The highest BCUT2D eigenvalue weighted by atomic mass is 16.4. The molecule has 14 heavy (non-hydrogen) atoms. The second kappa shape index (κ2) is 4.55. The van der Waals surface area contributed by atoms with Crippen molar-refractivity contribution in [3.8, 4) is 0 Å². The summed E-state index contributed by atoms with van der Waals surface area (Å²) >= 11 is 0. The van der Waals surface area contributed by atoms with Crippen molar-refractivity contribution in [1.29, 1.82) is 0 Å². The van der Waals surface area contributed by atoms with E-state index in [4.69, 9.17) is 5.11 Å². The molecule has 0 spiro atoms. The molecule has 0 aliphatic rings. The van der Waals surface area contributed by atoms with Crippen molar-refractivity contribution < 1.29 is 9.90 Å². The van der Waals surface area contributed by atoms with Crippen LogP contribution < -0.4 is 4.90 Å². The molecular weight excluding hydrogens is 182 g/mol. The van der Waals surface area contributed by atoms with Gasteiger partial charge in [-0.1, -0.05) is 0 Å². The average Bonchev–Trinajstić information content (AvgIpc) is 2.15. The van der Waals surface area contributed by atoms with Gasteiger partial charge in [0.1, 0.15) is 12.4 Å². The fourth-order valence-electron chi connectivity index (χ4n) is 1.11. The number of carbonyl (C=O) groups is 1. The maximum absolute atomic E-state index is 10.6. The van der Waals surface area contributed by atoms with Crippen LogP contribution >= 0.6 is 0 Å². The van der Waals surface area contributed by atoms with E-state index in [1.54, 1.807) is 23.5 Å². The van der Waals surface area contributed by atoms with E-state index in [1.807, 2.05) is 13.8 Å². The normalized spacial score (nSPS) is 10.2. The van der Waals surface area contributed by atoms with Gasteiger partial charge in [0.15, 0.2) is 0 Å². The van der Waals surface area contributed by atoms with Crippen LogP contribution in [0, 0.1) is 0 Å². The van der Waals surface area contributed by atoms with Gasteiger partial charge in [-0.05, 0) is 13.8 Å². The van der Waals surface area contributed by atoms with Crippen molar-refractivity contribution in [2.24, 2.45) is 0 Å². The van der Waals surface area contributed by atoms with Crippen LogP contribution in [0.3, 0.4) is 0 Å². The minimum Gasteiger partial charge on any atom is -0.480 e. The number of aromatic nitrogens is 2. The summed E-state index contributed by atoms with van der Waals surface area (Å²) in [6, 6.07) is 0.0859. The van der Waals surface area contributed by atoms with E-state index < -0.39 is 5.97 Å². The summed E-state index contributed by atoms with van der Waals surface area (Å²) in [5.41, 5.74) is 0. The first-order valence-corrected chi connectivity index (χ1v) is 4.35. The molecule has 0 bridgehead atoms. The maximum Gasteiger partial charge on any atom is 0.323 e. The number of carboxylic acid groups (broad SMARTS) is 1. The van der Waals surface area contributed by atoms with Gasteiger partial charge in [-0.15, -0.1) is 0 Å². The highest BCUT2D eigenvalue weighted by Crippen LogP contribution is 2.10. The number of carboxylic acids is 1. The summed E-state index contributed by atoms with van der Waals surface area (Å²) in [6.07, 6.45) is 4.66. The van der Waals surface area contributed by atoms with E-state index >= 15 is 0 Å². The first kappa shape index (κ1) is 10.4. The summed E-state index contributed by atoms with van der Waals surface area (Å²) in [6.45, 7) is 3.77. The molecule has 0 saturated heterocycles. The lowest BCUT2D eigenvalue weighted by Gasteiger charge is -2.25. The molecule has 76 valence electrons. The van der Waals surface area contributed by atoms with E-state index in [-0.39, 0.29) is 12.6 Å². The van der Waals surface area contributed by atoms with Gasteiger partial charge in [-0.2, -0.15) is 0 Å².